The molecular formula is C14H21BrN2O. The summed E-state index contributed by atoms with van der Waals surface area (Å²) < 4.78 is 6.65. The number of hydrogen-bond donors (Lipinski definition) is 1. The number of likely N-dealkylation sites (tertiary alicyclic amines) is 1. The van der Waals surface area contributed by atoms with Gasteiger partial charge in [-0.25, -0.2) is 0 Å². The van der Waals surface area contributed by atoms with Gasteiger partial charge < -0.3 is 10.5 Å². The molecule has 3 nitrogen and oxygen atoms in total. The van der Waals surface area contributed by atoms with Crippen LogP contribution in [-0.4, -0.2) is 30.7 Å². The monoisotopic (exact) mass is 312 g/mol. The Bertz CT molecular complexity index is 424. The molecule has 1 aromatic rings. The summed E-state index contributed by atoms with van der Waals surface area (Å²) in [6.07, 6.45) is 2.32. The smallest absolute Gasteiger partial charge is 0.0777 e. The largest absolute Gasteiger partial charge is 0.398 e. The first-order valence-corrected chi connectivity index (χ1v) is 7.13. The second-order valence-corrected chi connectivity index (χ2v) is 6.23. The molecular weight excluding hydrogens is 292 g/mol. The molecule has 0 radical (unpaired) electrons. The number of nitrogens with zero attached hydrogens (tertiary/aromatic N) is 1. The van der Waals surface area contributed by atoms with Gasteiger partial charge in [-0.15, -0.1) is 0 Å². The molecule has 1 aromatic carbocycles. The van der Waals surface area contributed by atoms with Crippen molar-refractivity contribution < 1.29 is 4.74 Å². The average Bonchev–Trinajstić information content (AvgIpc) is 2.33. The minimum absolute atomic E-state index is 0.0115. The first-order valence-electron chi connectivity index (χ1n) is 6.34. The van der Waals surface area contributed by atoms with Crippen LogP contribution in [0.5, 0.6) is 0 Å². The topological polar surface area (TPSA) is 38.5 Å². The van der Waals surface area contributed by atoms with Crippen LogP contribution in [-0.2, 0) is 11.3 Å². The number of hydrogen-bond acceptors (Lipinski definition) is 3. The quantitative estimate of drug-likeness (QED) is 0.872. The van der Waals surface area contributed by atoms with Crippen molar-refractivity contribution in [3.63, 3.8) is 0 Å². The van der Waals surface area contributed by atoms with E-state index < -0.39 is 0 Å². The molecule has 0 spiro atoms. The first kappa shape index (κ1) is 13.8. The highest BCUT2D eigenvalue weighted by Gasteiger charge is 2.30. The molecule has 1 aliphatic heterocycles. The van der Waals surface area contributed by atoms with E-state index in [-0.39, 0.29) is 5.60 Å². The molecule has 1 atom stereocenters. The number of rotatable bonds is 3. The van der Waals surface area contributed by atoms with E-state index in [2.05, 4.69) is 33.8 Å². The normalized spacial score (nSPS) is 25.3. The Morgan fingerprint density at radius 3 is 2.94 bits per heavy atom. The predicted octanol–water partition coefficient (Wildman–Crippen LogP) is 3.03. The van der Waals surface area contributed by atoms with Crippen molar-refractivity contribution >= 4 is 21.6 Å². The summed E-state index contributed by atoms with van der Waals surface area (Å²) in [4.78, 5) is 2.42. The Balaban J connectivity index is 2.05. The van der Waals surface area contributed by atoms with E-state index >= 15 is 0 Å². The number of nitrogen functional groups attached to an aromatic ring is 1. The molecule has 0 saturated carbocycles. The third-order valence-electron chi connectivity index (χ3n) is 3.73. The highest BCUT2D eigenvalue weighted by molar-refractivity contribution is 9.10. The maximum atomic E-state index is 6.05. The minimum atomic E-state index is -0.0115. The van der Waals surface area contributed by atoms with Gasteiger partial charge in [0.05, 0.1) is 5.60 Å². The third-order valence-corrected chi connectivity index (χ3v) is 4.23. The zero-order chi connectivity index (χ0) is 13.2. The van der Waals surface area contributed by atoms with Crippen molar-refractivity contribution in [3.05, 3.63) is 28.2 Å². The van der Waals surface area contributed by atoms with Crippen LogP contribution in [0, 0.1) is 0 Å². The lowest BCUT2D eigenvalue weighted by molar-refractivity contribution is -0.0526. The number of ether oxygens (including phenoxy) is 1. The Kier molecular flexibility index (Phi) is 4.30. The lowest BCUT2D eigenvalue weighted by atomic mass is 9.94. The maximum absolute atomic E-state index is 6.05. The highest BCUT2D eigenvalue weighted by Crippen LogP contribution is 2.26. The molecule has 0 bridgehead atoms. The van der Waals surface area contributed by atoms with E-state index in [9.17, 15) is 0 Å². The van der Waals surface area contributed by atoms with Crippen LogP contribution in [0.1, 0.15) is 25.3 Å². The summed E-state index contributed by atoms with van der Waals surface area (Å²) >= 11 is 3.44. The Morgan fingerprint density at radius 2 is 2.28 bits per heavy atom. The van der Waals surface area contributed by atoms with Crippen LogP contribution < -0.4 is 5.73 Å². The number of nitrogens with two attached hydrogens (primary N) is 1. The van der Waals surface area contributed by atoms with Gasteiger partial charge in [-0.2, -0.15) is 0 Å². The van der Waals surface area contributed by atoms with Crippen molar-refractivity contribution in [1.82, 2.24) is 4.90 Å². The number of piperidine rings is 1. The molecule has 0 aromatic heterocycles. The summed E-state index contributed by atoms with van der Waals surface area (Å²) in [5, 5.41) is 0. The second kappa shape index (κ2) is 5.59. The summed E-state index contributed by atoms with van der Waals surface area (Å²) in [7, 11) is 1.80. The van der Waals surface area contributed by atoms with E-state index in [1.54, 1.807) is 7.11 Å². The molecule has 0 aliphatic carbocycles. The van der Waals surface area contributed by atoms with Crippen LogP contribution in [0.3, 0.4) is 0 Å². The van der Waals surface area contributed by atoms with Crippen LogP contribution in [0.2, 0.25) is 0 Å². The van der Waals surface area contributed by atoms with Crippen molar-refractivity contribution in [2.45, 2.75) is 31.9 Å². The molecule has 4 heteroatoms. The lowest BCUT2D eigenvalue weighted by Gasteiger charge is -2.39. The Hall–Kier alpha value is -0.580. The zero-order valence-corrected chi connectivity index (χ0v) is 12.7. The van der Waals surface area contributed by atoms with E-state index in [1.807, 2.05) is 12.1 Å². The van der Waals surface area contributed by atoms with Crippen LogP contribution in [0.4, 0.5) is 5.69 Å². The fourth-order valence-corrected chi connectivity index (χ4v) is 2.94. The number of anilines is 1. The number of benzene rings is 1. The van der Waals surface area contributed by atoms with Gasteiger partial charge in [0.25, 0.3) is 0 Å². The van der Waals surface area contributed by atoms with Gasteiger partial charge in [-0.05, 0) is 44.0 Å². The molecule has 1 saturated heterocycles. The molecule has 1 heterocycles. The fraction of sp³-hybridized carbons (Fsp3) is 0.571. The van der Waals surface area contributed by atoms with E-state index in [4.69, 9.17) is 10.5 Å². The van der Waals surface area contributed by atoms with Crippen LogP contribution >= 0.6 is 15.9 Å². The maximum Gasteiger partial charge on any atom is 0.0777 e. The lowest BCUT2D eigenvalue weighted by Crippen LogP contribution is -2.46. The van der Waals surface area contributed by atoms with Crippen molar-refractivity contribution in [2.75, 3.05) is 25.9 Å². The Labute approximate surface area is 117 Å². The molecule has 2 rings (SSSR count). The molecule has 1 unspecified atom stereocenters. The molecule has 18 heavy (non-hydrogen) atoms. The van der Waals surface area contributed by atoms with Gasteiger partial charge in [0.2, 0.25) is 0 Å². The molecule has 0 amide bonds. The summed E-state index contributed by atoms with van der Waals surface area (Å²) in [5.74, 6) is 0. The zero-order valence-electron chi connectivity index (χ0n) is 11.1. The van der Waals surface area contributed by atoms with Crippen molar-refractivity contribution in [1.29, 1.82) is 0 Å². The van der Waals surface area contributed by atoms with Gasteiger partial charge >= 0.3 is 0 Å². The van der Waals surface area contributed by atoms with Gasteiger partial charge in [-0.3, -0.25) is 4.90 Å². The van der Waals surface area contributed by atoms with Gasteiger partial charge in [-0.1, -0.05) is 22.0 Å². The SMILES string of the molecule is COC1(C)CCCN(Cc2ccc(Br)cc2N)C1. The fourth-order valence-electron chi connectivity index (χ4n) is 2.56. The number of methoxy groups -OCH3 is 1. The first-order chi connectivity index (χ1) is 8.52. The summed E-state index contributed by atoms with van der Waals surface area (Å²) in [6, 6.07) is 6.11. The highest BCUT2D eigenvalue weighted by atomic mass is 79.9. The van der Waals surface area contributed by atoms with Gasteiger partial charge in [0.1, 0.15) is 0 Å². The molecule has 2 N–H and O–H groups in total. The average molecular weight is 313 g/mol. The van der Waals surface area contributed by atoms with Crippen molar-refractivity contribution in [3.8, 4) is 0 Å². The van der Waals surface area contributed by atoms with E-state index in [0.717, 1.165) is 36.2 Å². The van der Waals surface area contributed by atoms with Crippen molar-refractivity contribution in [2.24, 2.45) is 0 Å². The van der Waals surface area contributed by atoms with Crippen LogP contribution in [0.15, 0.2) is 22.7 Å². The molecule has 1 aliphatic rings. The summed E-state index contributed by atoms with van der Waals surface area (Å²) in [6.45, 7) is 5.18. The predicted molar refractivity (Wildman–Crippen MR) is 78.5 cm³/mol. The summed E-state index contributed by atoms with van der Waals surface area (Å²) in [5.41, 5.74) is 8.09. The van der Waals surface area contributed by atoms with E-state index in [1.165, 1.54) is 12.0 Å². The van der Waals surface area contributed by atoms with Gasteiger partial charge in [0.15, 0.2) is 0 Å². The second-order valence-electron chi connectivity index (χ2n) is 5.31. The standard InChI is InChI=1S/C14H21BrN2O/c1-14(18-2)6-3-7-17(10-14)9-11-4-5-12(15)8-13(11)16/h4-5,8H,3,6-7,9-10,16H2,1-2H3. The minimum Gasteiger partial charge on any atom is -0.398 e. The van der Waals surface area contributed by atoms with E-state index in [0.29, 0.717) is 0 Å². The number of halogens is 1. The Morgan fingerprint density at radius 1 is 1.50 bits per heavy atom. The van der Waals surface area contributed by atoms with Crippen LogP contribution in [0.25, 0.3) is 0 Å². The van der Waals surface area contributed by atoms with Gasteiger partial charge in [0, 0.05) is 30.4 Å². The third kappa shape index (κ3) is 3.25. The molecule has 100 valence electrons. The molecule has 1 fully saturated rings.